The van der Waals surface area contributed by atoms with Crippen LogP contribution >= 0.6 is 0 Å². The molecule has 2 heteroatoms. The summed E-state index contributed by atoms with van der Waals surface area (Å²) in [5, 5.41) is 0. The van der Waals surface area contributed by atoms with Crippen LogP contribution in [0.5, 0.6) is 0 Å². The fraction of sp³-hybridized carbons (Fsp3) is 0.833. The van der Waals surface area contributed by atoms with E-state index in [0.29, 0.717) is 5.92 Å². The zero-order chi connectivity index (χ0) is 9.97. The molecule has 3 unspecified atom stereocenters. The maximum absolute atomic E-state index is 5.73. The lowest BCUT2D eigenvalue weighted by molar-refractivity contribution is 0.0411. The van der Waals surface area contributed by atoms with Crippen LogP contribution < -0.4 is 5.73 Å². The van der Waals surface area contributed by atoms with E-state index >= 15 is 0 Å². The zero-order valence-electron chi connectivity index (χ0n) is 8.78. The largest absolute Gasteiger partial charge is 0.330 e. The predicted molar refractivity (Wildman–Crippen MR) is 58.7 cm³/mol. The van der Waals surface area contributed by atoms with Crippen molar-refractivity contribution in [1.82, 2.24) is 4.90 Å². The van der Waals surface area contributed by atoms with Crippen molar-refractivity contribution >= 4 is 0 Å². The number of terminal acetylenes is 1. The van der Waals surface area contributed by atoms with Crippen LogP contribution in [0.1, 0.15) is 25.7 Å². The summed E-state index contributed by atoms with van der Waals surface area (Å²) >= 11 is 0. The number of hydrogen-bond acceptors (Lipinski definition) is 2. The highest BCUT2D eigenvalue weighted by atomic mass is 15.2. The molecule has 2 nitrogen and oxygen atoms in total. The molecule has 0 bridgehead atoms. The molecule has 78 valence electrons. The SMILES string of the molecule is C#CC1CCCN(C2CCC2CN)C1. The second-order valence-electron chi connectivity index (χ2n) is 4.64. The summed E-state index contributed by atoms with van der Waals surface area (Å²) in [6.45, 7) is 3.19. The lowest BCUT2D eigenvalue weighted by Crippen LogP contribution is -2.52. The monoisotopic (exact) mass is 192 g/mol. The zero-order valence-corrected chi connectivity index (χ0v) is 8.78. The van der Waals surface area contributed by atoms with E-state index < -0.39 is 0 Å². The Bertz CT molecular complexity index is 229. The van der Waals surface area contributed by atoms with Crippen molar-refractivity contribution in [2.24, 2.45) is 17.6 Å². The van der Waals surface area contributed by atoms with E-state index in [2.05, 4.69) is 10.8 Å². The van der Waals surface area contributed by atoms with Crippen LogP contribution in [0.15, 0.2) is 0 Å². The van der Waals surface area contributed by atoms with Crippen LogP contribution in [0.25, 0.3) is 0 Å². The molecular weight excluding hydrogens is 172 g/mol. The first-order chi connectivity index (χ1) is 6.85. The Hall–Kier alpha value is -0.520. The number of piperidine rings is 1. The Morgan fingerprint density at radius 1 is 1.36 bits per heavy atom. The van der Waals surface area contributed by atoms with Gasteiger partial charge in [0.1, 0.15) is 0 Å². The van der Waals surface area contributed by atoms with Crippen molar-refractivity contribution in [1.29, 1.82) is 0 Å². The van der Waals surface area contributed by atoms with Crippen LogP contribution in [0, 0.1) is 24.2 Å². The molecule has 1 saturated heterocycles. The lowest BCUT2D eigenvalue weighted by Gasteiger charge is -2.46. The second kappa shape index (κ2) is 4.33. The van der Waals surface area contributed by atoms with E-state index in [1.54, 1.807) is 0 Å². The van der Waals surface area contributed by atoms with Gasteiger partial charge in [-0.3, -0.25) is 4.90 Å². The molecule has 0 aromatic heterocycles. The smallest absolute Gasteiger partial charge is 0.0328 e. The highest BCUT2D eigenvalue weighted by Gasteiger charge is 2.36. The Labute approximate surface area is 86.8 Å². The minimum atomic E-state index is 0.489. The van der Waals surface area contributed by atoms with E-state index in [0.717, 1.165) is 25.0 Å². The van der Waals surface area contributed by atoms with Crippen LogP contribution in [-0.2, 0) is 0 Å². The molecule has 2 fully saturated rings. The second-order valence-corrected chi connectivity index (χ2v) is 4.64. The van der Waals surface area contributed by atoms with E-state index in [1.807, 2.05) is 0 Å². The average Bonchev–Trinajstić information content (AvgIpc) is 2.17. The lowest BCUT2D eigenvalue weighted by atomic mass is 9.77. The first-order valence-corrected chi connectivity index (χ1v) is 5.75. The summed E-state index contributed by atoms with van der Waals surface area (Å²) in [6.07, 6.45) is 10.6. The first kappa shape index (κ1) is 10.0. The Morgan fingerprint density at radius 2 is 2.21 bits per heavy atom. The van der Waals surface area contributed by atoms with Gasteiger partial charge in [0.25, 0.3) is 0 Å². The van der Waals surface area contributed by atoms with Crippen LogP contribution in [0.4, 0.5) is 0 Å². The summed E-state index contributed by atoms with van der Waals surface area (Å²) < 4.78 is 0. The molecule has 0 spiro atoms. The minimum absolute atomic E-state index is 0.489. The van der Waals surface area contributed by atoms with Crippen LogP contribution in [-0.4, -0.2) is 30.6 Å². The van der Waals surface area contributed by atoms with Crippen molar-refractivity contribution in [3.63, 3.8) is 0 Å². The molecule has 0 aromatic carbocycles. The van der Waals surface area contributed by atoms with Gasteiger partial charge in [-0.15, -0.1) is 12.3 Å². The number of nitrogens with zero attached hydrogens (tertiary/aromatic N) is 1. The molecule has 1 saturated carbocycles. The van der Waals surface area contributed by atoms with Crippen LogP contribution in [0.2, 0.25) is 0 Å². The topological polar surface area (TPSA) is 29.3 Å². The van der Waals surface area contributed by atoms with E-state index in [-0.39, 0.29) is 0 Å². The van der Waals surface area contributed by atoms with E-state index in [9.17, 15) is 0 Å². The van der Waals surface area contributed by atoms with Gasteiger partial charge in [0.05, 0.1) is 0 Å². The fourth-order valence-corrected chi connectivity index (χ4v) is 2.75. The third kappa shape index (κ3) is 1.80. The highest BCUT2D eigenvalue weighted by Crippen LogP contribution is 2.33. The number of likely N-dealkylation sites (tertiary alicyclic amines) is 1. The number of rotatable bonds is 2. The third-order valence-corrected chi connectivity index (χ3v) is 3.84. The average molecular weight is 192 g/mol. The van der Waals surface area contributed by atoms with Gasteiger partial charge in [-0.25, -0.2) is 0 Å². The molecule has 0 aromatic rings. The standard InChI is InChI=1S/C12H20N2/c1-2-10-4-3-7-14(9-10)12-6-5-11(12)8-13/h1,10-12H,3-9,13H2. The molecule has 14 heavy (non-hydrogen) atoms. The van der Waals surface area contributed by atoms with Crippen molar-refractivity contribution in [2.45, 2.75) is 31.7 Å². The van der Waals surface area contributed by atoms with Gasteiger partial charge in [0.2, 0.25) is 0 Å². The van der Waals surface area contributed by atoms with Crippen molar-refractivity contribution in [3.05, 3.63) is 0 Å². The summed E-state index contributed by atoms with van der Waals surface area (Å²) in [5.41, 5.74) is 5.73. The van der Waals surface area contributed by atoms with Gasteiger partial charge in [0, 0.05) is 18.5 Å². The normalized spacial score (nSPS) is 38.7. The minimum Gasteiger partial charge on any atom is -0.330 e. The molecule has 1 aliphatic heterocycles. The number of nitrogens with two attached hydrogens (primary N) is 1. The van der Waals surface area contributed by atoms with Crippen molar-refractivity contribution in [3.8, 4) is 12.3 Å². The fourth-order valence-electron chi connectivity index (χ4n) is 2.75. The van der Waals surface area contributed by atoms with Gasteiger partial charge in [-0.1, -0.05) is 0 Å². The summed E-state index contributed by atoms with van der Waals surface area (Å²) in [5.74, 6) is 4.13. The molecule has 0 radical (unpaired) electrons. The summed E-state index contributed by atoms with van der Waals surface area (Å²) in [6, 6.07) is 0.746. The highest BCUT2D eigenvalue weighted by molar-refractivity contribution is 4.99. The molecule has 2 aliphatic rings. The van der Waals surface area contributed by atoms with Gasteiger partial charge in [-0.2, -0.15) is 0 Å². The van der Waals surface area contributed by atoms with Gasteiger partial charge in [0.15, 0.2) is 0 Å². The maximum Gasteiger partial charge on any atom is 0.0328 e. The Kier molecular flexibility index (Phi) is 3.10. The van der Waals surface area contributed by atoms with Gasteiger partial charge < -0.3 is 5.73 Å². The predicted octanol–water partition coefficient (Wildman–Crippen LogP) is 1.07. The molecular formula is C12H20N2. The summed E-state index contributed by atoms with van der Waals surface area (Å²) in [7, 11) is 0. The summed E-state index contributed by atoms with van der Waals surface area (Å²) in [4.78, 5) is 2.58. The molecule has 1 aliphatic carbocycles. The first-order valence-electron chi connectivity index (χ1n) is 5.75. The van der Waals surface area contributed by atoms with E-state index in [4.69, 9.17) is 12.2 Å². The Morgan fingerprint density at radius 3 is 2.79 bits per heavy atom. The number of hydrogen-bond donors (Lipinski definition) is 1. The molecule has 2 N–H and O–H groups in total. The van der Waals surface area contributed by atoms with Gasteiger partial charge in [-0.05, 0) is 44.7 Å². The molecule has 0 amide bonds. The quantitative estimate of drug-likeness (QED) is 0.663. The molecule has 3 atom stereocenters. The Balaban J connectivity index is 1.88. The maximum atomic E-state index is 5.73. The van der Waals surface area contributed by atoms with Crippen molar-refractivity contribution < 1.29 is 0 Å². The van der Waals surface area contributed by atoms with Gasteiger partial charge >= 0.3 is 0 Å². The van der Waals surface area contributed by atoms with E-state index in [1.165, 1.54) is 32.2 Å². The van der Waals surface area contributed by atoms with Crippen molar-refractivity contribution in [2.75, 3.05) is 19.6 Å². The molecule has 2 rings (SSSR count). The van der Waals surface area contributed by atoms with Crippen LogP contribution in [0.3, 0.4) is 0 Å². The third-order valence-electron chi connectivity index (χ3n) is 3.84. The molecule has 1 heterocycles.